The summed E-state index contributed by atoms with van der Waals surface area (Å²) < 4.78 is 51.9. The number of carbonyl (C=O) groups is 1. The van der Waals surface area contributed by atoms with Gasteiger partial charge in [0.05, 0.1) is 6.54 Å². The lowest BCUT2D eigenvalue weighted by Crippen LogP contribution is -2.12. The quantitative estimate of drug-likeness (QED) is 0.478. The minimum absolute atomic E-state index is 0.0281. The molecule has 2 aromatic carbocycles. The van der Waals surface area contributed by atoms with Crippen molar-refractivity contribution in [3.05, 3.63) is 95.5 Å². The van der Waals surface area contributed by atoms with Gasteiger partial charge in [0.15, 0.2) is 17.3 Å². The number of halogens is 3. The molecule has 0 spiro atoms. The standard InChI is InChI=1S/C21H15F3N4O3/c22-14-3-1-2-13(8-14)10-28-12-25-21(27-28)26-20(29)19-7-5-16(31-19)11-30-18-6-4-15(23)9-17(18)24/h1-9,12H,10-11H2,(H,26,27,29). The van der Waals surface area contributed by atoms with Crippen molar-refractivity contribution in [2.75, 3.05) is 5.32 Å². The van der Waals surface area contributed by atoms with Crippen molar-refractivity contribution in [3.8, 4) is 5.75 Å². The van der Waals surface area contributed by atoms with Gasteiger partial charge in [0.1, 0.15) is 30.3 Å². The Hall–Kier alpha value is -4.08. The van der Waals surface area contributed by atoms with E-state index in [1.165, 1.54) is 35.3 Å². The number of ether oxygens (including phenoxy) is 1. The molecule has 0 bridgehead atoms. The molecule has 1 amide bonds. The minimum Gasteiger partial charge on any atom is -0.483 e. The zero-order chi connectivity index (χ0) is 21.8. The summed E-state index contributed by atoms with van der Waals surface area (Å²) >= 11 is 0. The highest BCUT2D eigenvalue weighted by Crippen LogP contribution is 2.20. The normalized spacial score (nSPS) is 10.8. The second-order valence-electron chi connectivity index (χ2n) is 6.48. The van der Waals surface area contributed by atoms with Gasteiger partial charge in [0, 0.05) is 6.07 Å². The maximum absolute atomic E-state index is 13.6. The molecule has 0 radical (unpaired) electrons. The van der Waals surface area contributed by atoms with Gasteiger partial charge in [-0.1, -0.05) is 12.1 Å². The number of nitrogens with zero attached hydrogens (tertiary/aromatic N) is 3. The average molecular weight is 428 g/mol. The fourth-order valence-corrected chi connectivity index (χ4v) is 2.73. The first kappa shape index (κ1) is 20.2. The van der Waals surface area contributed by atoms with Crippen LogP contribution in [0, 0.1) is 17.5 Å². The molecule has 2 heterocycles. The molecular formula is C21H15F3N4O3. The molecule has 4 aromatic rings. The lowest BCUT2D eigenvalue weighted by atomic mass is 10.2. The van der Waals surface area contributed by atoms with Crippen molar-refractivity contribution in [2.24, 2.45) is 0 Å². The predicted molar refractivity (Wildman–Crippen MR) is 103 cm³/mol. The first-order chi connectivity index (χ1) is 15.0. The molecule has 0 aliphatic heterocycles. The number of hydrogen-bond donors (Lipinski definition) is 1. The third-order valence-electron chi connectivity index (χ3n) is 4.14. The molecule has 7 nitrogen and oxygen atoms in total. The first-order valence-electron chi connectivity index (χ1n) is 9.08. The Morgan fingerprint density at radius 3 is 2.71 bits per heavy atom. The fraction of sp³-hybridized carbons (Fsp3) is 0.0952. The Balaban J connectivity index is 1.34. The molecular weight excluding hydrogens is 413 g/mol. The van der Waals surface area contributed by atoms with Gasteiger partial charge in [-0.25, -0.2) is 22.8 Å². The van der Waals surface area contributed by atoms with Gasteiger partial charge in [-0.15, -0.1) is 5.10 Å². The minimum atomic E-state index is -0.843. The van der Waals surface area contributed by atoms with E-state index < -0.39 is 17.5 Å². The monoisotopic (exact) mass is 428 g/mol. The van der Waals surface area contributed by atoms with Crippen LogP contribution in [-0.2, 0) is 13.2 Å². The van der Waals surface area contributed by atoms with Crippen LogP contribution in [-0.4, -0.2) is 20.7 Å². The van der Waals surface area contributed by atoms with Crippen LogP contribution in [0.25, 0.3) is 0 Å². The van der Waals surface area contributed by atoms with E-state index in [1.54, 1.807) is 12.1 Å². The fourth-order valence-electron chi connectivity index (χ4n) is 2.73. The second-order valence-corrected chi connectivity index (χ2v) is 6.48. The molecule has 10 heteroatoms. The van der Waals surface area contributed by atoms with Gasteiger partial charge < -0.3 is 9.15 Å². The SMILES string of the molecule is O=C(Nc1ncn(Cc2cccc(F)c2)n1)c1ccc(COc2ccc(F)cc2F)o1. The van der Waals surface area contributed by atoms with Gasteiger partial charge in [-0.2, -0.15) is 0 Å². The van der Waals surface area contributed by atoms with Crippen LogP contribution in [0.5, 0.6) is 5.75 Å². The van der Waals surface area contributed by atoms with Crippen LogP contribution >= 0.6 is 0 Å². The number of benzene rings is 2. The Morgan fingerprint density at radius 1 is 1.06 bits per heavy atom. The van der Waals surface area contributed by atoms with Crippen LogP contribution in [0.15, 0.2) is 65.3 Å². The summed E-state index contributed by atoms with van der Waals surface area (Å²) in [6.07, 6.45) is 1.40. The smallest absolute Gasteiger partial charge is 0.293 e. The topological polar surface area (TPSA) is 82.2 Å². The van der Waals surface area contributed by atoms with Gasteiger partial charge in [-0.3, -0.25) is 10.1 Å². The molecule has 0 aliphatic carbocycles. The molecule has 2 aromatic heterocycles. The van der Waals surface area contributed by atoms with Gasteiger partial charge >= 0.3 is 0 Å². The van der Waals surface area contributed by atoms with Crippen LogP contribution in [0.2, 0.25) is 0 Å². The molecule has 158 valence electrons. The number of anilines is 1. The number of nitrogens with one attached hydrogen (secondary N) is 1. The van der Waals surface area contributed by atoms with Crippen molar-refractivity contribution in [2.45, 2.75) is 13.2 Å². The van der Waals surface area contributed by atoms with Crippen molar-refractivity contribution < 1.29 is 27.1 Å². The third kappa shape index (κ3) is 5.10. The van der Waals surface area contributed by atoms with E-state index in [1.807, 2.05) is 0 Å². The summed E-state index contributed by atoms with van der Waals surface area (Å²) in [7, 11) is 0. The molecule has 0 atom stereocenters. The lowest BCUT2D eigenvalue weighted by Gasteiger charge is -2.05. The second kappa shape index (κ2) is 8.74. The predicted octanol–water partition coefficient (Wildman–Crippen LogP) is 4.17. The largest absolute Gasteiger partial charge is 0.483 e. The van der Waals surface area contributed by atoms with E-state index in [0.717, 1.165) is 12.1 Å². The number of aromatic nitrogens is 3. The average Bonchev–Trinajstić information content (AvgIpc) is 3.37. The molecule has 4 rings (SSSR count). The summed E-state index contributed by atoms with van der Waals surface area (Å²) in [6.45, 7) is 0.124. The number of rotatable bonds is 7. The van der Waals surface area contributed by atoms with E-state index in [4.69, 9.17) is 9.15 Å². The van der Waals surface area contributed by atoms with Crippen molar-refractivity contribution in [1.29, 1.82) is 0 Å². The molecule has 0 saturated carbocycles. The summed E-state index contributed by atoms with van der Waals surface area (Å²) in [4.78, 5) is 16.3. The first-order valence-corrected chi connectivity index (χ1v) is 9.08. The zero-order valence-electron chi connectivity index (χ0n) is 15.9. The van der Waals surface area contributed by atoms with Crippen LogP contribution in [0.4, 0.5) is 19.1 Å². The third-order valence-corrected chi connectivity index (χ3v) is 4.14. The van der Waals surface area contributed by atoms with E-state index in [2.05, 4.69) is 15.4 Å². The van der Waals surface area contributed by atoms with E-state index >= 15 is 0 Å². The summed E-state index contributed by atoms with van der Waals surface area (Å²) in [5.74, 6) is -2.37. The molecule has 0 saturated heterocycles. The maximum atomic E-state index is 13.6. The number of furan rings is 1. The number of amides is 1. The van der Waals surface area contributed by atoms with Crippen LogP contribution in [0.1, 0.15) is 21.9 Å². The summed E-state index contributed by atoms with van der Waals surface area (Å²) in [5, 5.41) is 6.60. The highest BCUT2D eigenvalue weighted by molar-refractivity contribution is 6.01. The molecule has 31 heavy (non-hydrogen) atoms. The van der Waals surface area contributed by atoms with Gasteiger partial charge in [0.2, 0.25) is 5.95 Å². The summed E-state index contributed by atoms with van der Waals surface area (Å²) in [5.41, 5.74) is 0.691. The van der Waals surface area contributed by atoms with Gasteiger partial charge in [0.25, 0.3) is 5.91 Å². The molecule has 0 aliphatic rings. The zero-order valence-corrected chi connectivity index (χ0v) is 15.9. The maximum Gasteiger partial charge on any atom is 0.293 e. The van der Waals surface area contributed by atoms with Crippen molar-refractivity contribution in [1.82, 2.24) is 14.8 Å². The molecule has 0 fully saturated rings. The highest BCUT2D eigenvalue weighted by atomic mass is 19.1. The molecule has 0 unspecified atom stereocenters. The van der Waals surface area contributed by atoms with E-state index in [-0.39, 0.29) is 42.2 Å². The Morgan fingerprint density at radius 2 is 1.90 bits per heavy atom. The summed E-state index contributed by atoms with van der Waals surface area (Å²) in [6, 6.07) is 11.9. The van der Waals surface area contributed by atoms with Crippen molar-refractivity contribution >= 4 is 11.9 Å². The van der Waals surface area contributed by atoms with E-state index in [9.17, 15) is 18.0 Å². The number of hydrogen-bond acceptors (Lipinski definition) is 5. The van der Waals surface area contributed by atoms with Crippen LogP contribution < -0.4 is 10.1 Å². The van der Waals surface area contributed by atoms with E-state index in [0.29, 0.717) is 11.6 Å². The molecule has 1 N–H and O–H groups in total. The Bertz CT molecular complexity index is 1220. The Kier molecular flexibility index (Phi) is 5.69. The lowest BCUT2D eigenvalue weighted by molar-refractivity contribution is 0.0991. The van der Waals surface area contributed by atoms with Crippen LogP contribution in [0.3, 0.4) is 0 Å². The van der Waals surface area contributed by atoms with Crippen molar-refractivity contribution in [3.63, 3.8) is 0 Å². The van der Waals surface area contributed by atoms with Gasteiger partial charge in [-0.05, 0) is 42.0 Å². The Labute approximate surface area is 174 Å². The highest BCUT2D eigenvalue weighted by Gasteiger charge is 2.15. The number of carbonyl (C=O) groups excluding carboxylic acids is 1.